The number of aliphatic carboxylic acids is 1. The fourth-order valence-electron chi connectivity index (χ4n) is 3.52. The van der Waals surface area contributed by atoms with E-state index >= 15 is 0 Å². The highest BCUT2D eigenvalue weighted by molar-refractivity contribution is 5.73. The van der Waals surface area contributed by atoms with Crippen molar-refractivity contribution in [3.8, 4) is 0 Å². The Bertz CT molecular complexity index is 555. The topological polar surface area (TPSA) is 66.8 Å². The van der Waals surface area contributed by atoms with E-state index in [2.05, 4.69) is 0 Å². The number of carboxylic acid groups (broad SMARTS) is 1. The largest absolute Gasteiger partial charge is 0.481 e. The first-order chi connectivity index (χ1) is 11.1. The van der Waals surface area contributed by atoms with Gasteiger partial charge in [0, 0.05) is 12.6 Å². The van der Waals surface area contributed by atoms with Crippen LogP contribution in [-0.4, -0.2) is 34.7 Å². The fourth-order valence-corrected chi connectivity index (χ4v) is 3.52. The fraction of sp³-hybridized carbons (Fsp3) is 0.556. The number of amides is 1. The highest BCUT2D eigenvalue weighted by Gasteiger charge is 2.41. The molecule has 5 heteroatoms. The second-order valence-corrected chi connectivity index (χ2v) is 6.56. The summed E-state index contributed by atoms with van der Waals surface area (Å²) in [6, 6.07) is 9.69. The summed E-state index contributed by atoms with van der Waals surface area (Å²) >= 11 is 0. The van der Waals surface area contributed by atoms with Gasteiger partial charge >= 0.3 is 12.1 Å². The van der Waals surface area contributed by atoms with Gasteiger partial charge in [0.05, 0.1) is 5.92 Å². The number of rotatable bonds is 4. The van der Waals surface area contributed by atoms with Gasteiger partial charge in [-0.2, -0.15) is 0 Å². The van der Waals surface area contributed by atoms with Crippen LogP contribution in [0.1, 0.15) is 37.7 Å². The molecule has 3 rings (SSSR count). The van der Waals surface area contributed by atoms with E-state index in [1.165, 1.54) is 6.42 Å². The van der Waals surface area contributed by atoms with Gasteiger partial charge in [-0.15, -0.1) is 0 Å². The zero-order valence-electron chi connectivity index (χ0n) is 13.2. The maximum Gasteiger partial charge on any atom is 0.410 e. The minimum Gasteiger partial charge on any atom is -0.481 e. The first-order valence-electron chi connectivity index (χ1n) is 8.35. The quantitative estimate of drug-likeness (QED) is 0.925. The molecule has 2 atom stereocenters. The molecule has 1 amide bonds. The van der Waals surface area contributed by atoms with Gasteiger partial charge in [0.1, 0.15) is 6.61 Å². The number of hydrogen-bond acceptors (Lipinski definition) is 3. The zero-order valence-corrected chi connectivity index (χ0v) is 13.2. The van der Waals surface area contributed by atoms with Crippen molar-refractivity contribution in [3.63, 3.8) is 0 Å². The Labute approximate surface area is 136 Å². The first-order valence-corrected chi connectivity index (χ1v) is 8.35. The van der Waals surface area contributed by atoms with Crippen molar-refractivity contribution in [1.82, 2.24) is 4.90 Å². The molecule has 0 unspecified atom stereocenters. The molecule has 0 bridgehead atoms. The Morgan fingerprint density at radius 3 is 2.48 bits per heavy atom. The number of carboxylic acids is 1. The molecular weight excluding hydrogens is 294 g/mol. The highest BCUT2D eigenvalue weighted by Crippen LogP contribution is 2.38. The number of benzene rings is 1. The molecule has 0 aromatic heterocycles. The number of ether oxygens (including phenoxy) is 1. The minimum atomic E-state index is -0.821. The summed E-state index contributed by atoms with van der Waals surface area (Å²) in [5.41, 5.74) is 0.938. The summed E-state index contributed by atoms with van der Waals surface area (Å²) in [5, 5.41) is 9.26. The van der Waals surface area contributed by atoms with Gasteiger partial charge in [-0.25, -0.2) is 4.79 Å². The predicted molar refractivity (Wildman–Crippen MR) is 84.8 cm³/mol. The first kappa shape index (κ1) is 15.8. The second kappa shape index (κ2) is 7.02. The number of hydrogen-bond donors (Lipinski definition) is 1. The van der Waals surface area contributed by atoms with Crippen molar-refractivity contribution < 1.29 is 19.4 Å². The highest BCUT2D eigenvalue weighted by atomic mass is 16.6. The molecule has 1 aliphatic heterocycles. The van der Waals surface area contributed by atoms with E-state index in [4.69, 9.17) is 4.74 Å². The van der Waals surface area contributed by atoms with Crippen LogP contribution in [-0.2, 0) is 16.1 Å². The van der Waals surface area contributed by atoms with Gasteiger partial charge < -0.3 is 14.7 Å². The average molecular weight is 317 g/mol. The van der Waals surface area contributed by atoms with E-state index in [1.807, 2.05) is 30.3 Å². The van der Waals surface area contributed by atoms with Crippen molar-refractivity contribution in [3.05, 3.63) is 35.9 Å². The molecule has 1 aromatic carbocycles. The van der Waals surface area contributed by atoms with Crippen LogP contribution in [0, 0.1) is 11.8 Å². The lowest BCUT2D eigenvalue weighted by atomic mass is 9.75. The third kappa shape index (κ3) is 3.66. The van der Waals surface area contributed by atoms with Crippen LogP contribution in [0.4, 0.5) is 4.79 Å². The van der Waals surface area contributed by atoms with E-state index in [-0.39, 0.29) is 25.3 Å². The molecule has 1 aromatic rings. The van der Waals surface area contributed by atoms with E-state index in [9.17, 15) is 14.7 Å². The third-order valence-electron chi connectivity index (χ3n) is 5.11. The molecule has 0 radical (unpaired) electrons. The Balaban J connectivity index is 1.64. The molecule has 1 saturated heterocycles. The van der Waals surface area contributed by atoms with Crippen molar-refractivity contribution >= 4 is 12.1 Å². The average Bonchev–Trinajstić information content (AvgIpc) is 2.52. The molecule has 2 fully saturated rings. The maximum atomic E-state index is 12.5. The lowest BCUT2D eigenvalue weighted by molar-refractivity contribution is -0.144. The van der Waals surface area contributed by atoms with Crippen LogP contribution in [0.15, 0.2) is 30.3 Å². The van der Waals surface area contributed by atoms with Crippen molar-refractivity contribution in [2.45, 2.75) is 44.8 Å². The molecule has 0 spiro atoms. The van der Waals surface area contributed by atoms with Crippen molar-refractivity contribution in [2.24, 2.45) is 11.8 Å². The van der Waals surface area contributed by atoms with Gasteiger partial charge in [0.15, 0.2) is 0 Å². The second-order valence-electron chi connectivity index (χ2n) is 6.56. The predicted octanol–water partition coefficient (Wildman–Crippen LogP) is 3.29. The molecule has 1 N–H and O–H groups in total. The molecule has 1 saturated carbocycles. The lowest BCUT2D eigenvalue weighted by Gasteiger charge is -2.44. The van der Waals surface area contributed by atoms with Crippen LogP contribution < -0.4 is 0 Å². The molecule has 1 aliphatic carbocycles. The molecule has 23 heavy (non-hydrogen) atoms. The molecule has 124 valence electrons. The Morgan fingerprint density at radius 2 is 1.87 bits per heavy atom. The van der Waals surface area contributed by atoms with E-state index < -0.39 is 11.9 Å². The number of carbonyl (C=O) groups is 2. The van der Waals surface area contributed by atoms with Crippen LogP contribution in [0.5, 0.6) is 0 Å². The maximum absolute atomic E-state index is 12.5. The lowest BCUT2D eigenvalue weighted by Crippen LogP contribution is -2.53. The minimum absolute atomic E-state index is 0.141. The van der Waals surface area contributed by atoms with E-state index in [0.717, 1.165) is 24.8 Å². The van der Waals surface area contributed by atoms with Crippen LogP contribution >= 0.6 is 0 Å². The summed E-state index contributed by atoms with van der Waals surface area (Å²) in [5.74, 6) is -0.789. The number of nitrogens with zero attached hydrogens (tertiary/aromatic N) is 1. The monoisotopic (exact) mass is 317 g/mol. The standard InChI is InChI=1S/C18H23NO4/c20-17(21)15-9-10-16(14-7-4-8-14)19(11-15)18(22)23-12-13-5-2-1-3-6-13/h1-3,5-6,14-16H,4,7-12H2,(H,20,21)/t15-,16+/m1/s1. The van der Waals surface area contributed by atoms with E-state index in [1.54, 1.807) is 4.90 Å². The molecule has 2 aliphatic rings. The van der Waals surface area contributed by atoms with Crippen LogP contribution in [0.3, 0.4) is 0 Å². The summed E-state index contributed by atoms with van der Waals surface area (Å²) in [7, 11) is 0. The van der Waals surface area contributed by atoms with Crippen LogP contribution in [0.2, 0.25) is 0 Å². The van der Waals surface area contributed by atoms with Gasteiger partial charge in [0.2, 0.25) is 0 Å². The van der Waals surface area contributed by atoms with Gasteiger partial charge in [-0.05, 0) is 37.2 Å². The smallest absolute Gasteiger partial charge is 0.410 e. The third-order valence-corrected chi connectivity index (χ3v) is 5.11. The van der Waals surface area contributed by atoms with Crippen molar-refractivity contribution in [1.29, 1.82) is 0 Å². The molecular formula is C18H23NO4. The number of likely N-dealkylation sites (tertiary alicyclic amines) is 1. The van der Waals surface area contributed by atoms with Crippen molar-refractivity contribution in [2.75, 3.05) is 6.54 Å². The molecule has 1 heterocycles. The summed E-state index contributed by atoms with van der Waals surface area (Å²) in [4.78, 5) is 25.5. The Morgan fingerprint density at radius 1 is 1.13 bits per heavy atom. The summed E-state index contributed by atoms with van der Waals surface area (Å²) < 4.78 is 5.44. The number of piperidine rings is 1. The summed E-state index contributed by atoms with van der Waals surface area (Å²) in [6.45, 7) is 0.495. The van der Waals surface area contributed by atoms with Gasteiger partial charge in [-0.1, -0.05) is 36.8 Å². The normalized spacial score (nSPS) is 24.8. The zero-order chi connectivity index (χ0) is 16.2. The van der Waals surface area contributed by atoms with Gasteiger partial charge in [-0.3, -0.25) is 4.79 Å². The number of carbonyl (C=O) groups excluding carboxylic acids is 1. The Kier molecular flexibility index (Phi) is 4.84. The van der Waals surface area contributed by atoms with Crippen LogP contribution in [0.25, 0.3) is 0 Å². The van der Waals surface area contributed by atoms with Gasteiger partial charge in [0.25, 0.3) is 0 Å². The van der Waals surface area contributed by atoms with E-state index in [0.29, 0.717) is 12.3 Å². The SMILES string of the molecule is O=C(O)[C@@H]1CC[C@@H](C2CCC2)N(C(=O)OCc2ccccc2)C1. The summed E-state index contributed by atoms with van der Waals surface area (Å²) in [6.07, 6.45) is 4.50. The molecule has 5 nitrogen and oxygen atoms in total. The Hall–Kier alpha value is -2.04.